The first kappa shape index (κ1) is 13.8. The summed E-state index contributed by atoms with van der Waals surface area (Å²) < 4.78 is 0. The SMILES string of the molecule is CC(=O)c1cccc(NC(=O)c2ccc(N)cc2C)c1. The fourth-order valence-corrected chi connectivity index (χ4v) is 1.96. The van der Waals surface area contributed by atoms with Gasteiger partial charge in [0.25, 0.3) is 5.91 Å². The lowest BCUT2D eigenvalue weighted by Crippen LogP contribution is -2.13. The first-order valence-corrected chi connectivity index (χ1v) is 6.26. The van der Waals surface area contributed by atoms with Crippen molar-refractivity contribution in [2.45, 2.75) is 13.8 Å². The molecular formula is C16H16N2O2. The van der Waals surface area contributed by atoms with Gasteiger partial charge in [-0.25, -0.2) is 0 Å². The van der Waals surface area contributed by atoms with Crippen LogP contribution in [0.15, 0.2) is 42.5 Å². The van der Waals surface area contributed by atoms with Gasteiger partial charge in [-0.1, -0.05) is 12.1 Å². The Labute approximate surface area is 117 Å². The molecule has 0 fully saturated rings. The number of nitrogens with one attached hydrogen (secondary N) is 1. The Kier molecular flexibility index (Phi) is 3.84. The molecule has 0 atom stereocenters. The van der Waals surface area contributed by atoms with Gasteiger partial charge in [0.1, 0.15) is 0 Å². The topological polar surface area (TPSA) is 72.2 Å². The molecular weight excluding hydrogens is 252 g/mol. The number of hydrogen-bond donors (Lipinski definition) is 2. The van der Waals surface area contributed by atoms with Crippen molar-refractivity contribution >= 4 is 23.1 Å². The van der Waals surface area contributed by atoms with Crippen LogP contribution in [0.5, 0.6) is 0 Å². The average molecular weight is 268 g/mol. The summed E-state index contributed by atoms with van der Waals surface area (Å²) in [4.78, 5) is 23.5. The lowest BCUT2D eigenvalue weighted by atomic mass is 10.1. The maximum Gasteiger partial charge on any atom is 0.255 e. The fraction of sp³-hybridized carbons (Fsp3) is 0.125. The Balaban J connectivity index is 2.23. The van der Waals surface area contributed by atoms with Gasteiger partial charge in [-0.05, 0) is 49.7 Å². The molecule has 0 radical (unpaired) electrons. The highest BCUT2D eigenvalue weighted by Crippen LogP contribution is 2.16. The van der Waals surface area contributed by atoms with E-state index in [1.54, 1.807) is 42.5 Å². The molecule has 4 heteroatoms. The highest BCUT2D eigenvalue weighted by molar-refractivity contribution is 6.06. The Morgan fingerprint density at radius 2 is 1.85 bits per heavy atom. The molecule has 4 nitrogen and oxygen atoms in total. The van der Waals surface area contributed by atoms with Gasteiger partial charge in [-0.2, -0.15) is 0 Å². The van der Waals surface area contributed by atoms with E-state index in [1.165, 1.54) is 6.92 Å². The van der Waals surface area contributed by atoms with Crippen LogP contribution in [0.25, 0.3) is 0 Å². The number of amides is 1. The lowest BCUT2D eigenvalue weighted by Gasteiger charge is -2.09. The van der Waals surface area contributed by atoms with Gasteiger partial charge in [-0.3, -0.25) is 9.59 Å². The second-order valence-electron chi connectivity index (χ2n) is 4.67. The van der Waals surface area contributed by atoms with Gasteiger partial charge in [0.15, 0.2) is 5.78 Å². The average Bonchev–Trinajstić information content (AvgIpc) is 2.38. The number of carbonyl (C=O) groups is 2. The Bertz CT molecular complexity index is 678. The molecule has 2 rings (SSSR count). The highest BCUT2D eigenvalue weighted by Gasteiger charge is 2.10. The summed E-state index contributed by atoms with van der Waals surface area (Å²) in [5, 5.41) is 2.78. The van der Waals surface area contributed by atoms with E-state index >= 15 is 0 Å². The minimum atomic E-state index is -0.219. The van der Waals surface area contributed by atoms with Gasteiger partial charge < -0.3 is 11.1 Å². The molecule has 0 bridgehead atoms. The second-order valence-corrected chi connectivity index (χ2v) is 4.67. The third kappa shape index (κ3) is 3.03. The predicted molar refractivity (Wildman–Crippen MR) is 80.0 cm³/mol. The van der Waals surface area contributed by atoms with Crippen molar-refractivity contribution in [2.24, 2.45) is 0 Å². The zero-order valence-electron chi connectivity index (χ0n) is 11.4. The molecule has 2 aromatic carbocycles. The van der Waals surface area contributed by atoms with Crippen LogP contribution in [0.1, 0.15) is 33.2 Å². The number of carbonyl (C=O) groups excluding carboxylic acids is 2. The number of nitrogen functional groups attached to an aromatic ring is 1. The summed E-state index contributed by atoms with van der Waals surface area (Å²) >= 11 is 0. The van der Waals surface area contributed by atoms with E-state index in [9.17, 15) is 9.59 Å². The summed E-state index contributed by atoms with van der Waals surface area (Å²) in [6, 6.07) is 12.0. The lowest BCUT2D eigenvalue weighted by molar-refractivity contribution is 0.101. The molecule has 0 unspecified atom stereocenters. The van der Waals surface area contributed by atoms with Crippen molar-refractivity contribution in [3.05, 3.63) is 59.2 Å². The summed E-state index contributed by atoms with van der Waals surface area (Å²) in [6.07, 6.45) is 0. The van der Waals surface area contributed by atoms with Gasteiger partial charge >= 0.3 is 0 Å². The van der Waals surface area contributed by atoms with E-state index in [0.717, 1.165) is 5.56 Å². The summed E-state index contributed by atoms with van der Waals surface area (Å²) in [6.45, 7) is 3.32. The summed E-state index contributed by atoms with van der Waals surface area (Å²) in [5.74, 6) is -0.257. The van der Waals surface area contributed by atoms with Crippen LogP contribution < -0.4 is 11.1 Å². The minimum Gasteiger partial charge on any atom is -0.399 e. The van der Waals surface area contributed by atoms with Crippen LogP contribution in [0.3, 0.4) is 0 Å². The standard InChI is InChI=1S/C16H16N2O2/c1-10-8-13(17)6-7-15(10)16(20)18-14-5-3-4-12(9-14)11(2)19/h3-9H,17H2,1-2H3,(H,18,20). The maximum atomic E-state index is 12.2. The van der Waals surface area contributed by atoms with Crippen molar-refractivity contribution < 1.29 is 9.59 Å². The molecule has 102 valence electrons. The molecule has 0 aromatic heterocycles. The van der Waals surface area contributed by atoms with E-state index in [2.05, 4.69) is 5.32 Å². The van der Waals surface area contributed by atoms with Crippen molar-refractivity contribution in [1.82, 2.24) is 0 Å². The predicted octanol–water partition coefficient (Wildman–Crippen LogP) is 3.03. The molecule has 1 amide bonds. The summed E-state index contributed by atoms with van der Waals surface area (Å²) in [7, 11) is 0. The van der Waals surface area contributed by atoms with E-state index in [0.29, 0.717) is 22.5 Å². The number of anilines is 2. The largest absolute Gasteiger partial charge is 0.399 e. The number of ketones is 1. The molecule has 0 aliphatic heterocycles. The van der Waals surface area contributed by atoms with Crippen LogP contribution in [0, 0.1) is 6.92 Å². The molecule has 0 saturated heterocycles. The van der Waals surface area contributed by atoms with Gasteiger partial charge in [0.05, 0.1) is 0 Å². The number of Topliss-reactive ketones (excluding diaryl/α,β-unsaturated/α-hetero) is 1. The van der Waals surface area contributed by atoms with Crippen LogP contribution in [-0.4, -0.2) is 11.7 Å². The number of aryl methyl sites for hydroxylation is 1. The van der Waals surface area contributed by atoms with Crippen LogP contribution >= 0.6 is 0 Å². The Hall–Kier alpha value is -2.62. The number of nitrogens with two attached hydrogens (primary N) is 1. The third-order valence-electron chi connectivity index (χ3n) is 3.02. The monoisotopic (exact) mass is 268 g/mol. The molecule has 0 heterocycles. The van der Waals surface area contributed by atoms with Crippen LogP contribution in [0.2, 0.25) is 0 Å². The quantitative estimate of drug-likeness (QED) is 0.664. The Morgan fingerprint density at radius 1 is 1.10 bits per heavy atom. The fourth-order valence-electron chi connectivity index (χ4n) is 1.96. The first-order chi connectivity index (χ1) is 9.47. The molecule has 0 aliphatic rings. The van der Waals surface area contributed by atoms with E-state index in [4.69, 9.17) is 5.73 Å². The van der Waals surface area contributed by atoms with Crippen LogP contribution in [-0.2, 0) is 0 Å². The van der Waals surface area contributed by atoms with E-state index in [-0.39, 0.29) is 11.7 Å². The van der Waals surface area contributed by atoms with Crippen molar-refractivity contribution in [2.75, 3.05) is 11.1 Å². The van der Waals surface area contributed by atoms with Gasteiger partial charge in [-0.15, -0.1) is 0 Å². The zero-order chi connectivity index (χ0) is 14.7. The van der Waals surface area contributed by atoms with Gasteiger partial charge in [0.2, 0.25) is 0 Å². The van der Waals surface area contributed by atoms with E-state index < -0.39 is 0 Å². The first-order valence-electron chi connectivity index (χ1n) is 6.26. The zero-order valence-corrected chi connectivity index (χ0v) is 11.4. The third-order valence-corrected chi connectivity index (χ3v) is 3.02. The molecule has 20 heavy (non-hydrogen) atoms. The molecule has 3 N–H and O–H groups in total. The maximum absolute atomic E-state index is 12.2. The normalized spacial score (nSPS) is 10.1. The van der Waals surface area contributed by atoms with E-state index in [1.807, 2.05) is 6.92 Å². The summed E-state index contributed by atoms with van der Waals surface area (Å²) in [5.41, 5.74) is 8.82. The van der Waals surface area contributed by atoms with Crippen molar-refractivity contribution in [3.8, 4) is 0 Å². The minimum absolute atomic E-state index is 0.0373. The van der Waals surface area contributed by atoms with Crippen molar-refractivity contribution in [1.29, 1.82) is 0 Å². The highest BCUT2D eigenvalue weighted by atomic mass is 16.1. The smallest absolute Gasteiger partial charge is 0.255 e. The Morgan fingerprint density at radius 3 is 2.50 bits per heavy atom. The van der Waals surface area contributed by atoms with Crippen LogP contribution in [0.4, 0.5) is 11.4 Å². The molecule has 0 aliphatic carbocycles. The molecule has 0 spiro atoms. The van der Waals surface area contributed by atoms with Crippen molar-refractivity contribution in [3.63, 3.8) is 0 Å². The number of benzene rings is 2. The number of hydrogen-bond acceptors (Lipinski definition) is 3. The van der Waals surface area contributed by atoms with Gasteiger partial charge in [0, 0.05) is 22.5 Å². The molecule has 2 aromatic rings. The second kappa shape index (κ2) is 5.57. The molecule has 0 saturated carbocycles. The number of rotatable bonds is 3.